The van der Waals surface area contributed by atoms with E-state index in [-0.39, 0.29) is 6.42 Å². The van der Waals surface area contributed by atoms with E-state index in [1.807, 2.05) is 0 Å². The molecule has 0 heterocycles. The van der Waals surface area contributed by atoms with Crippen LogP contribution in [-0.2, 0) is 0 Å². The maximum atomic E-state index is 12.2. The average Bonchev–Trinajstić information content (AvgIpc) is 2.39. The molecule has 0 bridgehead atoms. The number of Topliss-reactive ketones (excluding diaryl/α,β-unsaturated/α-hetero) is 1. The molecule has 4 nitrogen and oxygen atoms in total. The van der Waals surface area contributed by atoms with Gasteiger partial charge in [-0.3, -0.25) is 14.9 Å². The van der Waals surface area contributed by atoms with E-state index in [4.69, 9.17) is 0 Å². The summed E-state index contributed by atoms with van der Waals surface area (Å²) in [6, 6.07) is 8.36. The third-order valence-corrected chi connectivity index (χ3v) is 2.80. The first-order valence-electron chi connectivity index (χ1n) is 5.25. The Morgan fingerprint density at radius 1 is 1.24 bits per heavy atom. The van der Waals surface area contributed by atoms with Crippen LogP contribution in [0.25, 0.3) is 0 Å². The highest BCUT2D eigenvalue weighted by Gasteiger charge is 2.48. The number of carbonyl (C=O) groups is 1. The first-order chi connectivity index (χ1) is 8.17. The van der Waals surface area contributed by atoms with Gasteiger partial charge in [0, 0.05) is 23.0 Å². The Labute approximate surface area is 98.4 Å². The largest absolute Gasteiger partial charge is 0.305 e. The van der Waals surface area contributed by atoms with Gasteiger partial charge in [-0.15, -0.1) is 0 Å². The van der Waals surface area contributed by atoms with Crippen LogP contribution >= 0.6 is 0 Å². The lowest BCUT2D eigenvalue weighted by Crippen LogP contribution is -2.45. The quantitative estimate of drug-likeness (QED) is 0.454. The Bertz CT molecular complexity index is 505. The van der Waals surface area contributed by atoms with Crippen LogP contribution < -0.4 is 0 Å². The molecule has 0 N–H and O–H groups in total. The summed E-state index contributed by atoms with van der Waals surface area (Å²) in [5, 5.41) is 11.2. The second-order valence-corrected chi connectivity index (χ2v) is 3.87. The fourth-order valence-electron chi connectivity index (χ4n) is 1.84. The molecule has 2 rings (SSSR count). The number of rotatable bonds is 3. The molecule has 0 saturated heterocycles. The van der Waals surface area contributed by atoms with E-state index in [9.17, 15) is 14.9 Å². The van der Waals surface area contributed by atoms with E-state index in [0.29, 0.717) is 5.56 Å². The summed E-state index contributed by atoms with van der Waals surface area (Å²) in [6.07, 6.45) is 6.36. The van der Waals surface area contributed by atoms with Gasteiger partial charge in [0.15, 0.2) is 0 Å². The molecule has 86 valence electrons. The highest BCUT2D eigenvalue weighted by Crippen LogP contribution is 2.26. The Balaban J connectivity index is 2.43. The SMILES string of the molecule is O=C(c1ccccc1)C1([N+](=O)[O-])C=CC=CC1. The van der Waals surface area contributed by atoms with Crippen LogP contribution in [0.2, 0.25) is 0 Å². The maximum absolute atomic E-state index is 12.2. The van der Waals surface area contributed by atoms with Crippen molar-refractivity contribution in [3.8, 4) is 0 Å². The van der Waals surface area contributed by atoms with Gasteiger partial charge in [-0.1, -0.05) is 48.6 Å². The van der Waals surface area contributed by atoms with Crippen molar-refractivity contribution in [1.29, 1.82) is 0 Å². The van der Waals surface area contributed by atoms with Gasteiger partial charge in [-0.25, -0.2) is 0 Å². The van der Waals surface area contributed by atoms with Crippen molar-refractivity contribution in [2.45, 2.75) is 12.0 Å². The van der Waals surface area contributed by atoms with Crippen LogP contribution in [-0.4, -0.2) is 16.2 Å². The monoisotopic (exact) mass is 229 g/mol. The zero-order valence-corrected chi connectivity index (χ0v) is 9.08. The Morgan fingerprint density at radius 2 is 1.94 bits per heavy atom. The predicted octanol–water partition coefficient (Wildman–Crippen LogP) is 2.40. The molecule has 1 aromatic carbocycles. The highest BCUT2D eigenvalue weighted by atomic mass is 16.6. The summed E-state index contributed by atoms with van der Waals surface area (Å²) in [5.74, 6) is -0.469. The minimum atomic E-state index is -1.64. The van der Waals surface area contributed by atoms with E-state index in [1.54, 1.807) is 48.6 Å². The topological polar surface area (TPSA) is 60.2 Å². The van der Waals surface area contributed by atoms with Crippen LogP contribution in [0.1, 0.15) is 16.8 Å². The van der Waals surface area contributed by atoms with E-state index in [0.717, 1.165) is 0 Å². The minimum absolute atomic E-state index is 0.101. The van der Waals surface area contributed by atoms with E-state index >= 15 is 0 Å². The lowest BCUT2D eigenvalue weighted by molar-refractivity contribution is -0.534. The molecular weight excluding hydrogens is 218 g/mol. The minimum Gasteiger partial charge on any atom is -0.286 e. The number of hydrogen-bond acceptors (Lipinski definition) is 3. The van der Waals surface area contributed by atoms with Gasteiger partial charge in [0.2, 0.25) is 5.78 Å². The maximum Gasteiger partial charge on any atom is 0.305 e. The standard InChI is InChI=1S/C13H11NO3/c15-12(11-7-3-1-4-8-11)13(14(16)17)9-5-2-6-10-13/h1-9H,10H2. The summed E-state index contributed by atoms with van der Waals surface area (Å²) in [6.45, 7) is 0. The predicted molar refractivity (Wildman–Crippen MR) is 63.4 cm³/mol. The molecule has 0 aromatic heterocycles. The Morgan fingerprint density at radius 3 is 2.47 bits per heavy atom. The van der Waals surface area contributed by atoms with Crippen LogP contribution in [0.3, 0.4) is 0 Å². The zero-order valence-electron chi connectivity index (χ0n) is 9.08. The third kappa shape index (κ3) is 1.89. The molecule has 0 saturated carbocycles. The molecule has 1 atom stereocenters. The van der Waals surface area contributed by atoms with Crippen LogP contribution in [0, 0.1) is 10.1 Å². The number of nitro groups is 1. The highest BCUT2D eigenvalue weighted by molar-refractivity contribution is 6.04. The summed E-state index contributed by atoms with van der Waals surface area (Å²) in [4.78, 5) is 22.9. The van der Waals surface area contributed by atoms with Crippen molar-refractivity contribution >= 4 is 5.78 Å². The lowest BCUT2D eigenvalue weighted by atomic mass is 9.84. The molecule has 1 aliphatic rings. The van der Waals surface area contributed by atoms with Gasteiger partial charge in [0.05, 0.1) is 0 Å². The third-order valence-electron chi connectivity index (χ3n) is 2.80. The molecule has 0 aliphatic heterocycles. The van der Waals surface area contributed by atoms with Crippen molar-refractivity contribution in [3.63, 3.8) is 0 Å². The normalized spacial score (nSPS) is 22.4. The molecule has 0 radical (unpaired) electrons. The van der Waals surface area contributed by atoms with Crippen molar-refractivity contribution < 1.29 is 9.72 Å². The molecule has 1 aliphatic carbocycles. The van der Waals surface area contributed by atoms with Crippen LogP contribution in [0.4, 0.5) is 0 Å². The Hall–Kier alpha value is -2.23. The van der Waals surface area contributed by atoms with Gasteiger partial charge in [-0.2, -0.15) is 0 Å². The number of hydrogen-bond donors (Lipinski definition) is 0. The zero-order chi connectivity index (χ0) is 12.3. The number of benzene rings is 1. The molecule has 0 amide bonds. The molecule has 0 fully saturated rings. The molecular formula is C13H11NO3. The first kappa shape index (κ1) is 11.3. The number of nitrogens with zero attached hydrogens (tertiary/aromatic N) is 1. The summed E-state index contributed by atoms with van der Waals surface area (Å²) in [5.41, 5.74) is -1.28. The Kier molecular flexibility index (Phi) is 2.87. The first-order valence-corrected chi connectivity index (χ1v) is 5.25. The second kappa shape index (κ2) is 4.33. The van der Waals surface area contributed by atoms with Crippen molar-refractivity contribution in [2.75, 3.05) is 0 Å². The number of ketones is 1. The molecule has 0 spiro atoms. The van der Waals surface area contributed by atoms with E-state index < -0.39 is 16.2 Å². The molecule has 4 heteroatoms. The van der Waals surface area contributed by atoms with E-state index in [2.05, 4.69) is 0 Å². The number of carbonyl (C=O) groups excluding carboxylic acids is 1. The fourth-order valence-corrected chi connectivity index (χ4v) is 1.84. The van der Waals surface area contributed by atoms with Crippen molar-refractivity contribution in [3.05, 3.63) is 70.3 Å². The molecule has 17 heavy (non-hydrogen) atoms. The summed E-state index contributed by atoms with van der Waals surface area (Å²) in [7, 11) is 0. The summed E-state index contributed by atoms with van der Waals surface area (Å²) >= 11 is 0. The van der Waals surface area contributed by atoms with Crippen molar-refractivity contribution in [2.24, 2.45) is 0 Å². The van der Waals surface area contributed by atoms with Gasteiger partial charge < -0.3 is 0 Å². The van der Waals surface area contributed by atoms with Gasteiger partial charge in [-0.05, 0) is 0 Å². The lowest BCUT2D eigenvalue weighted by Gasteiger charge is -2.20. The summed E-state index contributed by atoms with van der Waals surface area (Å²) < 4.78 is 0. The van der Waals surface area contributed by atoms with E-state index in [1.165, 1.54) is 6.08 Å². The van der Waals surface area contributed by atoms with Crippen molar-refractivity contribution in [1.82, 2.24) is 0 Å². The van der Waals surface area contributed by atoms with Gasteiger partial charge in [0.25, 0.3) is 0 Å². The smallest absolute Gasteiger partial charge is 0.286 e. The van der Waals surface area contributed by atoms with Gasteiger partial charge in [0.1, 0.15) is 0 Å². The average molecular weight is 229 g/mol. The molecule has 1 aromatic rings. The van der Waals surface area contributed by atoms with Gasteiger partial charge >= 0.3 is 5.54 Å². The number of allylic oxidation sites excluding steroid dienone is 2. The second-order valence-electron chi connectivity index (χ2n) is 3.87. The molecule has 1 unspecified atom stereocenters. The van der Waals surface area contributed by atoms with Crippen LogP contribution in [0.5, 0.6) is 0 Å². The fraction of sp³-hybridized carbons (Fsp3) is 0.154. The van der Waals surface area contributed by atoms with Crippen LogP contribution in [0.15, 0.2) is 54.6 Å².